The Morgan fingerprint density at radius 1 is 1.22 bits per heavy atom. The smallest absolute Gasteiger partial charge is 0.257 e. The maximum atomic E-state index is 12.9. The summed E-state index contributed by atoms with van der Waals surface area (Å²) in [5.41, 5.74) is 2.20. The van der Waals surface area contributed by atoms with Crippen LogP contribution in [0.3, 0.4) is 0 Å². The Labute approximate surface area is 160 Å². The Balaban J connectivity index is 1.68. The van der Waals surface area contributed by atoms with E-state index in [4.69, 9.17) is 0 Å². The molecule has 1 aromatic heterocycles. The van der Waals surface area contributed by atoms with E-state index in [1.54, 1.807) is 16.0 Å². The summed E-state index contributed by atoms with van der Waals surface area (Å²) < 4.78 is 0. The molecule has 1 aliphatic rings. The van der Waals surface area contributed by atoms with Crippen LogP contribution >= 0.6 is 0 Å². The van der Waals surface area contributed by atoms with Crippen molar-refractivity contribution in [3.05, 3.63) is 53.3 Å². The number of nitrogens with zero attached hydrogens (tertiary/aromatic N) is 4. The summed E-state index contributed by atoms with van der Waals surface area (Å²) in [6.45, 7) is 2.96. The van der Waals surface area contributed by atoms with Gasteiger partial charge in [0.25, 0.3) is 5.91 Å². The molecule has 0 aliphatic carbocycles. The number of carbonyl (C=O) groups excluding carboxylic acids is 2. The molecule has 1 saturated heterocycles. The molecule has 0 spiro atoms. The predicted molar refractivity (Wildman–Crippen MR) is 105 cm³/mol. The highest BCUT2D eigenvalue weighted by Gasteiger charge is 2.29. The van der Waals surface area contributed by atoms with Crippen molar-refractivity contribution in [3.63, 3.8) is 0 Å². The summed E-state index contributed by atoms with van der Waals surface area (Å²) in [5.74, 6) is 0.591. The van der Waals surface area contributed by atoms with Crippen molar-refractivity contribution < 1.29 is 9.59 Å². The zero-order chi connectivity index (χ0) is 19.4. The van der Waals surface area contributed by atoms with Crippen molar-refractivity contribution in [2.45, 2.75) is 26.2 Å². The van der Waals surface area contributed by atoms with Gasteiger partial charge in [-0.3, -0.25) is 9.59 Å². The summed E-state index contributed by atoms with van der Waals surface area (Å²) >= 11 is 0. The second kappa shape index (κ2) is 8.29. The molecule has 0 radical (unpaired) electrons. The molecule has 1 amide bonds. The van der Waals surface area contributed by atoms with Crippen molar-refractivity contribution in [1.82, 2.24) is 14.9 Å². The summed E-state index contributed by atoms with van der Waals surface area (Å²) in [6.07, 6.45) is 3.69. The molecule has 3 rings (SSSR count). The van der Waals surface area contributed by atoms with Gasteiger partial charge in [-0.05, 0) is 25.3 Å². The molecular weight excluding hydrogens is 340 g/mol. The number of rotatable bonds is 5. The molecule has 1 atom stereocenters. The van der Waals surface area contributed by atoms with E-state index in [0.717, 1.165) is 18.4 Å². The molecule has 1 aliphatic heterocycles. The van der Waals surface area contributed by atoms with Crippen LogP contribution in [0.2, 0.25) is 0 Å². The molecule has 2 heterocycles. The molecule has 6 heteroatoms. The van der Waals surface area contributed by atoms with Gasteiger partial charge in [0.15, 0.2) is 0 Å². The third-order valence-corrected chi connectivity index (χ3v) is 4.98. The minimum absolute atomic E-state index is 0.0879. The van der Waals surface area contributed by atoms with Crippen LogP contribution in [0.5, 0.6) is 0 Å². The zero-order valence-corrected chi connectivity index (χ0v) is 16.2. The topological polar surface area (TPSA) is 66.4 Å². The van der Waals surface area contributed by atoms with Crippen molar-refractivity contribution in [2.75, 3.05) is 32.1 Å². The molecule has 0 unspecified atom stereocenters. The van der Waals surface area contributed by atoms with Gasteiger partial charge in [-0.25, -0.2) is 9.97 Å². The van der Waals surface area contributed by atoms with Crippen LogP contribution in [0, 0.1) is 12.8 Å². The number of anilines is 1. The van der Waals surface area contributed by atoms with Crippen LogP contribution in [-0.2, 0) is 11.2 Å². The van der Waals surface area contributed by atoms with Crippen molar-refractivity contribution in [3.8, 4) is 0 Å². The molecule has 6 nitrogen and oxygen atoms in total. The first-order chi connectivity index (χ1) is 13.0. The van der Waals surface area contributed by atoms with Gasteiger partial charge in [-0.1, -0.05) is 30.3 Å². The first kappa shape index (κ1) is 19.0. The Morgan fingerprint density at radius 3 is 2.63 bits per heavy atom. The largest absolute Gasteiger partial charge is 0.347 e. The number of benzene rings is 1. The minimum atomic E-state index is -0.106. The van der Waals surface area contributed by atoms with Gasteiger partial charge in [0.05, 0.1) is 11.3 Å². The first-order valence-electron chi connectivity index (χ1n) is 9.32. The van der Waals surface area contributed by atoms with Crippen molar-refractivity contribution >= 4 is 17.6 Å². The Kier molecular flexibility index (Phi) is 5.84. The molecule has 0 saturated carbocycles. The summed E-state index contributed by atoms with van der Waals surface area (Å²) in [7, 11) is 3.73. The van der Waals surface area contributed by atoms with E-state index in [9.17, 15) is 9.59 Å². The molecule has 0 N–H and O–H groups in total. The Hall–Kier alpha value is -2.76. The van der Waals surface area contributed by atoms with E-state index >= 15 is 0 Å². The highest BCUT2D eigenvalue weighted by atomic mass is 16.2. The molecule has 27 heavy (non-hydrogen) atoms. The Bertz CT molecular complexity index is 820. The summed E-state index contributed by atoms with van der Waals surface area (Å²) in [5, 5.41) is 0. The second-order valence-electron chi connectivity index (χ2n) is 7.28. The van der Waals surface area contributed by atoms with Crippen molar-refractivity contribution in [2.24, 2.45) is 5.92 Å². The van der Waals surface area contributed by atoms with E-state index in [1.807, 2.05) is 51.4 Å². The fourth-order valence-corrected chi connectivity index (χ4v) is 3.42. The quantitative estimate of drug-likeness (QED) is 0.813. The standard InChI is InChI=1S/C21H26N4O2/c1-15-18(13-22-21(23-15)24(2)3)20(27)25-11-7-10-17(14-25)19(26)12-16-8-5-4-6-9-16/h4-6,8-9,13,17H,7,10-12,14H2,1-3H3/t17-/m1/s1. The lowest BCUT2D eigenvalue weighted by atomic mass is 9.90. The van der Waals surface area contributed by atoms with Gasteiger partial charge in [-0.15, -0.1) is 0 Å². The van der Waals surface area contributed by atoms with Crippen LogP contribution in [0.15, 0.2) is 36.5 Å². The lowest BCUT2D eigenvalue weighted by molar-refractivity contribution is -0.123. The number of carbonyl (C=O) groups is 2. The third kappa shape index (κ3) is 4.51. The van der Waals surface area contributed by atoms with Crippen LogP contribution < -0.4 is 4.90 Å². The lowest BCUT2D eigenvalue weighted by Gasteiger charge is -2.32. The highest BCUT2D eigenvalue weighted by molar-refractivity contribution is 5.95. The molecule has 1 fully saturated rings. The predicted octanol–water partition coefficient (Wildman–Crippen LogP) is 2.52. The number of likely N-dealkylation sites (tertiary alicyclic amines) is 1. The number of amides is 1. The van der Waals surface area contributed by atoms with Crippen LogP contribution in [-0.4, -0.2) is 53.7 Å². The van der Waals surface area contributed by atoms with E-state index in [2.05, 4.69) is 9.97 Å². The van der Waals surface area contributed by atoms with Gasteiger partial charge >= 0.3 is 0 Å². The van der Waals surface area contributed by atoms with Crippen molar-refractivity contribution in [1.29, 1.82) is 0 Å². The fourth-order valence-electron chi connectivity index (χ4n) is 3.42. The van der Waals surface area contributed by atoms with E-state index in [1.165, 1.54) is 0 Å². The number of hydrogen-bond donors (Lipinski definition) is 0. The first-order valence-corrected chi connectivity index (χ1v) is 9.32. The monoisotopic (exact) mass is 366 g/mol. The highest BCUT2D eigenvalue weighted by Crippen LogP contribution is 2.22. The van der Waals surface area contributed by atoms with E-state index < -0.39 is 0 Å². The second-order valence-corrected chi connectivity index (χ2v) is 7.28. The Morgan fingerprint density at radius 2 is 1.96 bits per heavy atom. The number of hydrogen-bond acceptors (Lipinski definition) is 5. The molecule has 0 bridgehead atoms. The average Bonchev–Trinajstić information content (AvgIpc) is 2.68. The molecule has 1 aromatic carbocycles. The van der Waals surface area contributed by atoms with Gasteiger partial charge < -0.3 is 9.80 Å². The third-order valence-electron chi connectivity index (χ3n) is 4.98. The number of ketones is 1. The fraction of sp³-hybridized carbons (Fsp3) is 0.429. The molecule has 142 valence electrons. The van der Waals surface area contributed by atoms with Gasteiger partial charge in [0, 0.05) is 45.7 Å². The van der Waals surface area contributed by atoms with E-state index in [0.29, 0.717) is 36.7 Å². The number of aromatic nitrogens is 2. The maximum absolute atomic E-state index is 12.9. The minimum Gasteiger partial charge on any atom is -0.347 e. The number of aryl methyl sites for hydroxylation is 1. The lowest BCUT2D eigenvalue weighted by Crippen LogP contribution is -2.43. The van der Waals surface area contributed by atoms with Gasteiger partial charge in [0.1, 0.15) is 5.78 Å². The molecular formula is C21H26N4O2. The zero-order valence-electron chi connectivity index (χ0n) is 16.2. The van der Waals surface area contributed by atoms with Crippen LogP contribution in [0.25, 0.3) is 0 Å². The maximum Gasteiger partial charge on any atom is 0.257 e. The van der Waals surface area contributed by atoms with Crippen LogP contribution in [0.1, 0.15) is 34.5 Å². The molecule has 2 aromatic rings. The number of piperidine rings is 1. The SMILES string of the molecule is Cc1nc(N(C)C)ncc1C(=O)N1CCC[C@@H](C(=O)Cc2ccccc2)C1. The summed E-state index contributed by atoms with van der Waals surface area (Å²) in [6, 6.07) is 9.77. The van der Waals surface area contributed by atoms with Gasteiger partial charge in [-0.2, -0.15) is 0 Å². The normalized spacial score (nSPS) is 16.9. The van der Waals surface area contributed by atoms with Gasteiger partial charge in [0.2, 0.25) is 5.95 Å². The average molecular weight is 366 g/mol. The van der Waals surface area contributed by atoms with Crippen LogP contribution in [0.4, 0.5) is 5.95 Å². The summed E-state index contributed by atoms with van der Waals surface area (Å²) in [4.78, 5) is 37.9. The number of Topliss-reactive ketones (excluding diaryl/α,β-unsaturated/α-hetero) is 1. The van der Waals surface area contributed by atoms with E-state index in [-0.39, 0.29) is 17.6 Å².